The van der Waals surface area contributed by atoms with Gasteiger partial charge in [0.2, 0.25) is 0 Å². The van der Waals surface area contributed by atoms with E-state index in [0.29, 0.717) is 16.5 Å². The summed E-state index contributed by atoms with van der Waals surface area (Å²) in [6.45, 7) is 1.97. The number of halogens is 3. The lowest BCUT2D eigenvalue weighted by molar-refractivity contribution is 0.561. The van der Waals surface area contributed by atoms with E-state index in [9.17, 15) is 0 Å². The Balaban J connectivity index is 2.32. The van der Waals surface area contributed by atoms with Gasteiger partial charge in [-0.2, -0.15) is 0 Å². The molecule has 0 spiro atoms. The normalized spacial score (nSPS) is 12.7. The molecule has 0 aliphatic carbocycles. The molecule has 2 nitrogen and oxygen atoms in total. The summed E-state index contributed by atoms with van der Waals surface area (Å²) in [6.07, 6.45) is 0.592. The number of nitrogens with one attached hydrogen (secondary N) is 1. The van der Waals surface area contributed by atoms with E-state index in [0.717, 1.165) is 21.0 Å². The highest BCUT2D eigenvalue weighted by Crippen LogP contribution is 2.36. The molecule has 2 rings (SSSR count). The second kappa shape index (κ2) is 6.44. The predicted molar refractivity (Wildman–Crippen MR) is 84.3 cm³/mol. The fraction of sp³-hybridized carbons (Fsp3) is 0.231. The number of hydrogen-bond acceptors (Lipinski definition) is 3. The molecule has 0 aliphatic rings. The number of aryl methyl sites for hydroxylation is 1. The van der Waals surface area contributed by atoms with Crippen molar-refractivity contribution < 1.29 is 0 Å². The summed E-state index contributed by atoms with van der Waals surface area (Å²) in [4.78, 5) is 0.998. The highest BCUT2D eigenvalue weighted by atomic mass is 35.5. The monoisotopic (exact) mass is 334 g/mol. The van der Waals surface area contributed by atoms with Crippen molar-refractivity contribution >= 4 is 46.1 Å². The van der Waals surface area contributed by atoms with Gasteiger partial charge in [0, 0.05) is 14.9 Å². The first-order chi connectivity index (χ1) is 9.04. The molecule has 0 radical (unpaired) electrons. The molecule has 0 bridgehead atoms. The van der Waals surface area contributed by atoms with Gasteiger partial charge in [-0.1, -0.05) is 40.9 Å². The molecule has 0 saturated carbocycles. The lowest BCUT2D eigenvalue weighted by atomic mass is 10.0. The average molecular weight is 336 g/mol. The summed E-state index contributed by atoms with van der Waals surface area (Å²) >= 11 is 20.2. The van der Waals surface area contributed by atoms with Gasteiger partial charge in [0.25, 0.3) is 0 Å². The SMILES string of the molecule is Cc1csc(C(Cc2c(Cl)cccc2Cl)NN)c1Cl. The zero-order chi connectivity index (χ0) is 14.0. The third kappa shape index (κ3) is 3.24. The number of hydrogen-bond donors (Lipinski definition) is 2. The van der Waals surface area contributed by atoms with Gasteiger partial charge >= 0.3 is 0 Å². The Morgan fingerprint density at radius 3 is 2.37 bits per heavy atom. The highest BCUT2D eigenvalue weighted by molar-refractivity contribution is 7.10. The zero-order valence-electron chi connectivity index (χ0n) is 10.2. The molecule has 1 aromatic carbocycles. The van der Waals surface area contributed by atoms with Crippen LogP contribution >= 0.6 is 46.1 Å². The van der Waals surface area contributed by atoms with Crippen LogP contribution in [0.4, 0.5) is 0 Å². The van der Waals surface area contributed by atoms with Crippen LogP contribution in [0.15, 0.2) is 23.6 Å². The minimum Gasteiger partial charge on any atom is -0.271 e. The molecule has 0 saturated heterocycles. The van der Waals surface area contributed by atoms with E-state index in [1.807, 2.05) is 30.5 Å². The lowest BCUT2D eigenvalue weighted by Crippen LogP contribution is -2.29. The summed E-state index contributed by atoms with van der Waals surface area (Å²) in [6, 6.07) is 5.35. The second-order valence-corrected chi connectivity index (χ2v) is 6.32. The maximum atomic E-state index is 6.28. The van der Waals surface area contributed by atoms with Crippen molar-refractivity contribution in [1.82, 2.24) is 5.43 Å². The molecule has 0 amide bonds. The number of hydrazine groups is 1. The minimum atomic E-state index is -0.108. The van der Waals surface area contributed by atoms with E-state index in [2.05, 4.69) is 5.43 Å². The summed E-state index contributed by atoms with van der Waals surface area (Å²) in [5.74, 6) is 5.64. The van der Waals surface area contributed by atoms with Crippen molar-refractivity contribution in [3.05, 3.63) is 54.7 Å². The van der Waals surface area contributed by atoms with Crippen LogP contribution in [0.5, 0.6) is 0 Å². The van der Waals surface area contributed by atoms with Crippen LogP contribution in [-0.2, 0) is 6.42 Å². The van der Waals surface area contributed by atoms with E-state index in [-0.39, 0.29) is 6.04 Å². The Morgan fingerprint density at radius 1 is 1.26 bits per heavy atom. The molecular weight excluding hydrogens is 323 g/mol. The van der Waals surface area contributed by atoms with E-state index in [1.54, 1.807) is 11.3 Å². The summed E-state index contributed by atoms with van der Waals surface area (Å²) in [5, 5.41) is 4.03. The molecule has 2 aromatic rings. The topological polar surface area (TPSA) is 38.0 Å². The molecule has 0 fully saturated rings. The third-order valence-electron chi connectivity index (χ3n) is 2.91. The maximum absolute atomic E-state index is 6.28. The van der Waals surface area contributed by atoms with Gasteiger partial charge in [-0.15, -0.1) is 11.3 Å². The summed E-state index contributed by atoms with van der Waals surface area (Å²) in [7, 11) is 0. The number of benzene rings is 1. The molecule has 0 aliphatic heterocycles. The van der Waals surface area contributed by atoms with Crippen molar-refractivity contribution in [3.8, 4) is 0 Å². The van der Waals surface area contributed by atoms with Gasteiger partial charge in [0.05, 0.1) is 11.1 Å². The molecule has 102 valence electrons. The first-order valence-electron chi connectivity index (χ1n) is 5.67. The lowest BCUT2D eigenvalue weighted by Gasteiger charge is -2.17. The molecule has 1 atom stereocenters. The summed E-state index contributed by atoms with van der Waals surface area (Å²) < 4.78 is 0. The standard InChI is InChI=1S/C13H13Cl3N2S/c1-7-6-19-13(12(7)16)11(18-17)5-8-9(14)3-2-4-10(8)15/h2-4,6,11,18H,5,17H2,1H3. The molecule has 1 heterocycles. The van der Waals surface area contributed by atoms with E-state index in [4.69, 9.17) is 40.6 Å². The Hall–Kier alpha value is -0.290. The van der Waals surface area contributed by atoms with E-state index in [1.165, 1.54) is 0 Å². The van der Waals surface area contributed by atoms with Crippen molar-refractivity contribution in [1.29, 1.82) is 0 Å². The molecule has 1 unspecified atom stereocenters. The smallest absolute Gasteiger partial charge is 0.0609 e. The quantitative estimate of drug-likeness (QED) is 0.624. The first-order valence-corrected chi connectivity index (χ1v) is 7.68. The van der Waals surface area contributed by atoms with Crippen LogP contribution in [0.1, 0.15) is 22.0 Å². The van der Waals surface area contributed by atoms with Crippen molar-refractivity contribution in [2.45, 2.75) is 19.4 Å². The van der Waals surface area contributed by atoms with Crippen LogP contribution in [0.2, 0.25) is 15.1 Å². The zero-order valence-corrected chi connectivity index (χ0v) is 13.3. The predicted octanol–water partition coefficient (Wildman–Crippen LogP) is 4.76. The van der Waals surface area contributed by atoms with Crippen molar-refractivity contribution in [2.75, 3.05) is 0 Å². The van der Waals surface area contributed by atoms with Crippen LogP contribution in [0.3, 0.4) is 0 Å². The maximum Gasteiger partial charge on any atom is 0.0609 e. The molecule has 6 heteroatoms. The second-order valence-electron chi connectivity index (χ2n) is 4.22. The van der Waals surface area contributed by atoms with Crippen LogP contribution in [0.25, 0.3) is 0 Å². The van der Waals surface area contributed by atoms with Gasteiger partial charge in [-0.05, 0) is 42.0 Å². The molecule has 3 N–H and O–H groups in total. The van der Waals surface area contributed by atoms with Crippen molar-refractivity contribution in [2.24, 2.45) is 5.84 Å². The third-order valence-corrected chi connectivity index (χ3v) is 5.45. The van der Waals surface area contributed by atoms with E-state index < -0.39 is 0 Å². The molecule has 1 aromatic heterocycles. The van der Waals surface area contributed by atoms with Gasteiger partial charge in [-0.25, -0.2) is 0 Å². The van der Waals surface area contributed by atoms with Gasteiger partial charge in [0.1, 0.15) is 0 Å². The fourth-order valence-corrected chi connectivity index (χ4v) is 3.78. The fourth-order valence-electron chi connectivity index (χ4n) is 1.84. The van der Waals surface area contributed by atoms with Gasteiger partial charge < -0.3 is 0 Å². The molecular formula is C13H13Cl3N2S. The minimum absolute atomic E-state index is 0.108. The Bertz CT molecular complexity index is 563. The number of thiophene rings is 1. The number of nitrogens with two attached hydrogens (primary N) is 1. The van der Waals surface area contributed by atoms with Gasteiger partial charge in [0.15, 0.2) is 0 Å². The highest BCUT2D eigenvalue weighted by Gasteiger charge is 2.19. The summed E-state index contributed by atoms with van der Waals surface area (Å²) in [5.41, 5.74) is 4.70. The largest absolute Gasteiger partial charge is 0.271 e. The van der Waals surface area contributed by atoms with Gasteiger partial charge in [-0.3, -0.25) is 11.3 Å². The average Bonchev–Trinajstić information content (AvgIpc) is 2.71. The Labute approximate surface area is 131 Å². The van der Waals surface area contributed by atoms with Crippen LogP contribution < -0.4 is 11.3 Å². The first kappa shape index (κ1) is 15.1. The number of rotatable bonds is 4. The van der Waals surface area contributed by atoms with E-state index >= 15 is 0 Å². The van der Waals surface area contributed by atoms with Crippen LogP contribution in [0, 0.1) is 6.92 Å². The Morgan fingerprint density at radius 2 is 1.89 bits per heavy atom. The van der Waals surface area contributed by atoms with Crippen LogP contribution in [-0.4, -0.2) is 0 Å². The van der Waals surface area contributed by atoms with Crippen molar-refractivity contribution in [3.63, 3.8) is 0 Å². The Kier molecular flexibility index (Phi) is 5.12. The molecule has 19 heavy (non-hydrogen) atoms.